The van der Waals surface area contributed by atoms with Crippen LogP contribution < -0.4 is 19.5 Å². The van der Waals surface area contributed by atoms with Gasteiger partial charge in [0, 0.05) is 17.7 Å². The molecule has 0 radical (unpaired) electrons. The molecule has 27 heavy (non-hydrogen) atoms. The van der Waals surface area contributed by atoms with Crippen molar-refractivity contribution in [3.05, 3.63) is 46.5 Å². The quantitative estimate of drug-likeness (QED) is 0.669. The maximum Gasteiger partial charge on any atom is 0.186 e. The van der Waals surface area contributed by atoms with Crippen LogP contribution in [0, 0.1) is 13.8 Å². The minimum absolute atomic E-state index is 0.0435. The van der Waals surface area contributed by atoms with Crippen molar-refractivity contribution in [3.8, 4) is 17.2 Å². The smallest absolute Gasteiger partial charge is 0.186 e. The van der Waals surface area contributed by atoms with Gasteiger partial charge >= 0.3 is 0 Å². The van der Waals surface area contributed by atoms with Crippen molar-refractivity contribution in [2.45, 2.75) is 40.0 Å². The molecule has 0 heterocycles. The Hall–Kier alpha value is -2.06. The number of aryl methyl sites for hydroxylation is 2. The fraction of sp³-hybridized carbons (Fsp3) is 0.409. The number of ether oxygens (including phenoxy) is 3. The highest BCUT2D eigenvalue weighted by atomic mass is 31.1. The predicted molar refractivity (Wildman–Crippen MR) is 113 cm³/mol. The Kier molecular flexibility index (Phi) is 6.54. The minimum Gasteiger partial charge on any atom is -0.496 e. The average molecular weight is 388 g/mol. The normalized spacial score (nSPS) is 11.7. The second kappa shape index (κ2) is 8.31. The molecule has 4 nitrogen and oxygen atoms in total. The van der Waals surface area contributed by atoms with E-state index in [1.807, 2.05) is 13.8 Å². The van der Waals surface area contributed by atoms with E-state index in [4.69, 9.17) is 14.2 Å². The molecule has 0 aliphatic carbocycles. The van der Waals surface area contributed by atoms with E-state index < -0.39 is 0 Å². The van der Waals surface area contributed by atoms with Crippen molar-refractivity contribution in [2.75, 3.05) is 21.3 Å². The van der Waals surface area contributed by atoms with Crippen molar-refractivity contribution in [1.82, 2.24) is 0 Å². The van der Waals surface area contributed by atoms with E-state index in [2.05, 4.69) is 32.9 Å². The molecule has 2 aromatic rings. The van der Waals surface area contributed by atoms with Crippen LogP contribution in [0.3, 0.4) is 0 Å². The third-order valence-corrected chi connectivity index (χ3v) is 5.80. The molecule has 0 fully saturated rings. The molecule has 5 heteroatoms. The summed E-state index contributed by atoms with van der Waals surface area (Å²) >= 11 is 0. The number of hydrogen-bond acceptors (Lipinski definition) is 4. The molecule has 2 aromatic carbocycles. The Morgan fingerprint density at radius 2 is 1.33 bits per heavy atom. The molecule has 0 amide bonds. The van der Waals surface area contributed by atoms with E-state index in [9.17, 15) is 4.79 Å². The summed E-state index contributed by atoms with van der Waals surface area (Å²) in [5.74, 6) is 1.82. The first-order valence-electron chi connectivity index (χ1n) is 8.85. The van der Waals surface area contributed by atoms with Gasteiger partial charge in [0.25, 0.3) is 0 Å². The van der Waals surface area contributed by atoms with Gasteiger partial charge in [-0.3, -0.25) is 4.79 Å². The van der Waals surface area contributed by atoms with E-state index in [0.717, 1.165) is 22.0 Å². The topological polar surface area (TPSA) is 44.8 Å². The van der Waals surface area contributed by atoms with Crippen molar-refractivity contribution in [2.24, 2.45) is 0 Å². The summed E-state index contributed by atoms with van der Waals surface area (Å²) in [5, 5.41) is 0.754. The molecule has 0 aliphatic heterocycles. The van der Waals surface area contributed by atoms with Crippen LogP contribution in [0.4, 0.5) is 0 Å². The average Bonchev–Trinajstić information content (AvgIpc) is 2.60. The zero-order chi connectivity index (χ0) is 20.4. The van der Waals surface area contributed by atoms with Gasteiger partial charge in [-0.1, -0.05) is 32.9 Å². The van der Waals surface area contributed by atoms with Gasteiger partial charge in [-0.25, -0.2) is 0 Å². The first-order valence-corrected chi connectivity index (χ1v) is 9.85. The maximum absolute atomic E-state index is 13.2. The SMILES string of the molecule is COc1cc(OC)c(PC(=O)c2c(C)cc(C(C)(C)C)cc2C)c(OC)c1. The third-order valence-electron chi connectivity index (χ3n) is 4.58. The maximum atomic E-state index is 13.2. The second-order valence-corrected chi connectivity index (χ2v) is 8.80. The third kappa shape index (κ3) is 4.62. The molecule has 0 saturated carbocycles. The van der Waals surface area contributed by atoms with E-state index >= 15 is 0 Å². The summed E-state index contributed by atoms with van der Waals surface area (Å²) in [6.07, 6.45) is 0. The van der Waals surface area contributed by atoms with Crippen LogP contribution in [0.25, 0.3) is 0 Å². The summed E-state index contributed by atoms with van der Waals surface area (Å²) in [6.45, 7) is 10.5. The van der Waals surface area contributed by atoms with Gasteiger partial charge in [0.05, 0.1) is 26.6 Å². The lowest BCUT2D eigenvalue weighted by atomic mass is 9.84. The van der Waals surface area contributed by atoms with Crippen LogP contribution in [0.15, 0.2) is 24.3 Å². The molecule has 1 atom stereocenters. The Morgan fingerprint density at radius 3 is 1.70 bits per heavy atom. The van der Waals surface area contributed by atoms with E-state index in [1.165, 1.54) is 5.56 Å². The largest absolute Gasteiger partial charge is 0.496 e. The van der Waals surface area contributed by atoms with Gasteiger partial charge in [0.1, 0.15) is 17.2 Å². The number of benzene rings is 2. The summed E-state index contributed by atoms with van der Waals surface area (Å²) < 4.78 is 16.3. The highest BCUT2D eigenvalue weighted by molar-refractivity contribution is 7.66. The van der Waals surface area contributed by atoms with Crippen molar-refractivity contribution < 1.29 is 19.0 Å². The molecule has 0 spiro atoms. The first-order chi connectivity index (χ1) is 12.6. The summed E-state index contributed by atoms with van der Waals surface area (Å²) in [6, 6.07) is 7.79. The Morgan fingerprint density at radius 1 is 0.852 bits per heavy atom. The zero-order valence-electron chi connectivity index (χ0n) is 17.4. The second-order valence-electron chi connectivity index (χ2n) is 7.60. The molecular weight excluding hydrogens is 359 g/mol. The van der Waals surface area contributed by atoms with Crippen LogP contribution in [0.5, 0.6) is 17.2 Å². The summed E-state index contributed by atoms with van der Waals surface area (Å²) in [5.41, 5.74) is 4.14. The van der Waals surface area contributed by atoms with Crippen LogP contribution >= 0.6 is 8.58 Å². The van der Waals surface area contributed by atoms with Gasteiger partial charge < -0.3 is 14.2 Å². The number of hydrogen-bond donors (Lipinski definition) is 0. The lowest BCUT2D eigenvalue weighted by Crippen LogP contribution is -2.14. The molecule has 0 bridgehead atoms. The van der Waals surface area contributed by atoms with Gasteiger partial charge in [0.15, 0.2) is 5.52 Å². The number of methoxy groups -OCH3 is 3. The zero-order valence-corrected chi connectivity index (χ0v) is 18.4. The lowest BCUT2D eigenvalue weighted by Gasteiger charge is -2.22. The van der Waals surface area contributed by atoms with Gasteiger partial charge in [-0.2, -0.15) is 0 Å². The molecule has 146 valence electrons. The van der Waals surface area contributed by atoms with Crippen molar-refractivity contribution in [1.29, 1.82) is 0 Å². The molecule has 0 aromatic heterocycles. The summed E-state index contributed by atoms with van der Waals surface area (Å²) in [4.78, 5) is 13.2. The number of rotatable bonds is 6. The predicted octanol–water partition coefficient (Wildman–Crippen LogP) is 4.77. The number of carbonyl (C=O) groups excluding carboxylic acids is 1. The molecule has 1 unspecified atom stereocenters. The molecule has 0 aliphatic rings. The van der Waals surface area contributed by atoms with E-state index in [0.29, 0.717) is 17.2 Å². The Labute approximate surface area is 164 Å². The fourth-order valence-corrected chi connectivity index (χ4v) is 4.40. The van der Waals surface area contributed by atoms with Gasteiger partial charge in [0.2, 0.25) is 0 Å². The molecule has 0 saturated heterocycles. The highest BCUT2D eigenvalue weighted by Crippen LogP contribution is 2.36. The van der Waals surface area contributed by atoms with Crippen molar-refractivity contribution >= 4 is 19.4 Å². The minimum atomic E-state index is -0.103. The van der Waals surface area contributed by atoms with Gasteiger partial charge in [-0.05, 0) is 44.5 Å². The summed E-state index contributed by atoms with van der Waals surface area (Å²) in [7, 11) is 4.65. The first kappa shape index (κ1) is 21.2. The van der Waals surface area contributed by atoms with E-state index in [1.54, 1.807) is 33.5 Å². The Balaban J connectivity index is 2.47. The van der Waals surface area contributed by atoms with Gasteiger partial charge in [-0.15, -0.1) is 0 Å². The Bertz CT molecular complexity index is 802. The molecule has 2 rings (SSSR count). The fourth-order valence-electron chi connectivity index (χ4n) is 3.06. The van der Waals surface area contributed by atoms with E-state index in [-0.39, 0.29) is 19.5 Å². The number of carbonyl (C=O) groups is 1. The van der Waals surface area contributed by atoms with Crippen molar-refractivity contribution in [3.63, 3.8) is 0 Å². The monoisotopic (exact) mass is 388 g/mol. The van der Waals surface area contributed by atoms with Crippen LogP contribution in [0.2, 0.25) is 0 Å². The van der Waals surface area contributed by atoms with Crippen LogP contribution in [0.1, 0.15) is 47.8 Å². The molecule has 0 N–H and O–H groups in total. The molecular formula is C22H29O4P. The van der Waals surface area contributed by atoms with Crippen LogP contribution in [-0.2, 0) is 5.41 Å². The lowest BCUT2D eigenvalue weighted by molar-refractivity contribution is 0.108. The standard InChI is InChI=1S/C22H29O4P/c1-13-9-15(22(3,4)5)10-14(2)19(13)21(23)27-20-17(25-7)11-16(24-6)12-18(20)26-8/h9-12,27H,1-8H3. The highest BCUT2D eigenvalue weighted by Gasteiger charge is 2.22. The van der Waals surface area contributed by atoms with Crippen LogP contribution in [-0.4, -0.2) is 26.9 Å².